The summed E-state index contributed by atoms with van der Waals surface area (Å²) >= 11 is 1.27. The number of carbonyl (C=O) groups excluding carboxylic acids is 3. The Labute approximate surface area is 195 Å². The summed E-state index contributed by atoms with van der Waals surface area (Å²) in [6.07, 6.45) is 0.662. The molecule has 0 atom stereocenters. The number of thiophene rings is 1. The van der Waals surface area contributed by atoms with Crippen LogP contribution in [-0.4, -0.2) is 45.2 Å². The first-order valence-corrected chi connectivity index (χ1v) is 11.0. The minimum atomic E-state index is -0.782. The fourth-order valence-electron chi connectivity index (χ4n) is 2.99. The molecule has 0 spiro atoms. The van der Waals surface area contributed by atoms with Gasteiger partial charge in [0.25, 0.3) is 11.8 Å². The normalized spacial score (nSPS) is 10.2. The van der Waals surface area contributed by atoms with E-state index in [4.69, 9.17) is 14.2 Å². The van der Waals surface area contributed by atoms with E-state index in [9.17, 15) is 14.4 Å². The number of carbonyl (C=O) groups is 3. The monoisotopic (exact) mass is 468 g/mol. The summed E-state index contributed by atoms with van der Waals surface area (Å²) in [5, 5.41) is 7.18. The highest BCUT2D eigenvalue weighted by Gasteiger charge is 2.21. The second kappa shape index (κ2) is 11.7. The van der Waals surface area contributed by atoms with Gasteiger partial charge in [-0.25, -0.2) is 4.79 Å². The molecule has 172 valence electrons. The van der Waals surface area contributed by atoms with Gasteiger partial charge in [-0.1, -0.05) is 36.4 Å². The van der Waals surface area contributed by atoms with Crippen LogP contribution in [0.5, 0.6) is 11.5 Å². The van der Waals surface area contributed by atoms with Gasteiger partial charge < -0.3 is 24.8 Å². The second-order valence-electron chi connectivity index (χ2n) is 6.85. The predicted molar refractivity (Wildman–Crippen MR) is 125 cm³/mol. The van der Waals surface area contributed by atoms with Gasteiger partial charge in [0.2, 0.25) is 0 Å². The molecule has 0 aliphatic carbocycles. The maximum atomic E-state index is 12.8. The van der Waals surface area contributed by atoms with Crippen LogP contribution in [0.2, 0.25) is 0 Å². The largest absolute Gasteiger partial charge is 0.493 e. The Balaban J connectivity index is 1.65. The van der Waals surface area contributed by atoms with Crippen molar-refractivity contribution in [1.29, 1.82) is 0 Å². The number of ether oxygens (including phenoxy) is 3. The van der Waals surface area contributed by atoms with Crippen LogP contribution in [0.4, 0.5) is 5.69 Å². The Hall–Kier alpha value is -3.85. The highest BCUT2D eigenvalue weighted by Crippen LogP contribution is 2.34. The minimum Gasteiger partial charge on any atom is -0.493 e. The molecular weight excluding hydrogens is 444 g/mol. The molecule has 0 unspecified atom stereocenters. The average molecular weight is 469 g/mol. The number of hydrogen-bond acceptors (Lipinski definition) is 7. The van der Waals surface area contributed by atoms with E-state index in [0.717, 1.165) is 5.56 Å². The van der Waals surface area contributed by atoms with E-state index in [2.05, 4.69) is 10.6 Å². The summed E-state index contributed by atoms with van der Waals surface area (Å²) in [4.78, 5) is 37.9. The standard InChI is InChI=1S/C24H24N2O6S/c1-30-19-13-17(18(14-20(19)31-2)26-23(28)21-9-6-12-33-21)24(29)32-15-22(27)25-11-10-16-7-4-3-5-8-16/h3-9,12-14H,10-11,15H2,1-2H3,(H,25,27)(H,26,28). The molecule has 1 aromatic heterocycles. The van der Waals surface area contributed by atoms with Crippen LogP contribution in [0.3, 0.4) is 0 Å². The lowest BCUT2D eigenvalue weighted by Crippen LogP contribution is -2.30. The number of rotatable bonds is 10. The lowest BCUT2D eigenvalue weighted by atomic mass is 10.1. The summed E-state index contributed by atoms with van der Waals surface area (Å²) in [7, 11) is 2.87. The van der Waals surface area contributed by atoms with Gasteiger partial charge in [0, 0.05) is 18.7 Å². The molecule has 1 heterocycles. The third-order valence-corrected chi connectivity index (χ3v) is 5.52. The van der Waals surface area contributed by atoms with Crippen LogP contribution < -0.4 is 20.1 Å². The van der Waals surface area contributed by atoms with E-state index in [1.165, 1.54) is 37.7 Å². The van der Waals surface area contributed by atoms with Crippen molar-refractivity contribution < 1.29 is 28.6 Å². The van der Waals surface area contributed by atoms with E-state index in [1.807, 2.05) is 30.3 Å². The third kappa shape index (κ3) is 6.56. The van der Waals surface area contributed by atoms with Gasteiger partial charge in [-0.3, -0.25) is 9.59 Å². The van der Waals surface area contributed by atoms with Crippen molar-refractivity contribution in [3.63, 3.8) is 0 Å². The number of esters is 1. The van der Waals surface area contributed by atoms with Crippen LogP contribution >= 0.6 is 11.3 Å². The fourth-order valence-corrected chi connectivity index (χ4v) is 3.61. The first kappa shape index (κ1) is 23.8. The van der Waals surface area contributed by atoms with Gasteiger partial charge in [-0.2, -0.15) is 0 Å². The summed E-state index contributed by atoms with van der Waals surface area (Å²) in [6.45, 7) is -0.0425. The van der Waals surface area contributed by atoms with Crippen molar-refractivity contribution in [3.05, 3.63) is 76.0 Å². The molecule has 0 saturated heterocycles. The van der Waals surface area contributed by atoms with Gasteiger partial charge in [-0.15, -0.1) is 11.3 Å². The average Bonchev–Trinajstić information content (AvgIpc) is 3.38. The third-order valence-electron chi connectivity index (χ3n) is 4.65. The van der Waals surface area contributed by atoms with Crippen molar-refractivity contribution in [1.82, 2.24) is 5.32 Å². The van der Waals surface area contributed by atoms with E-state index < -0.39 is 18.5 Å². The molecule has 0 fully saturated rings. The summed E-state index contributed by atoms with van der Waals surface area (Å²) < 4.78 is 15.7. The zero-order valence-corrected chi connectivity index (χ0v) is 19.1. The van der Waals surface area contributed by atoms with Gasteiger partial charge in [0.1, 0.15) is 0 Å². The topological polar surface area (TPSA) is 103 Å². The Bertz CT molecular complexity index is 1100. The van der Waals surface area contributed by atoms with Crippen LogP contribution in [0, 0.1) is 0 Å². The molecule has 0 saturated carbocycles. The molecule has 8 nitrogen and oxygen atoms in total. The number of nitrogens with one attached hydrogen (secondary N) is 2. The number of methoxy groups -OCH3 is 2. The number of benzene rings is 2. The lowest BCUT2D eigenvalue weighted by Gasteiger charge is -2.15. The maximum Gasteiger partial charge on any atom is 0.340 e. The molecule has 33 heavy (non-hydrogen) atoms. The van der Waals surface area contributed by atoms with Gasteiger partial charge in [0.05, 0.1) is 30.3 Å². The van der Waals surface area contributed by atoms with E-state index >= 15 is 0 Å². The smallest absolute Gasteiger partial charge is 0.340 e. The van der Waals surface area contributed by atoms with E-state index in [1.54, 1.807) is 17.5 Å². The van der Waals surface area contributed by atoms with Gasteiger partial charge in [0.15, 0.2) is 18.1 Å². The van der Waals surface area contributed by atoms with Crippen molar-refractivity contribution >= 4 is 34.8 Å². The summed E-state index contributed by atoms with van der Waals surface area (Å²) in [5.41, 5.74) is 1.31. The first-order chi connectivity index (χ1) is 16.0. The highest BCUT2D eigenvalue weighted by atomic mass is 32.1. The van der Waals surface area contributed by atoms with Crippen molar-refractivity contribution in [2.75, 3.05) is 32.7 Å². The summed E-state index contributed by atoms with van der Waals surface area (Å²) in [6, 6.07) is 16.0. The van der Waals surface area contributed by atoms with Crippen LogP contribution in [-0.2, 0) is 16.0 Å². The Morgan fingerprint density at radius 1 is 0.939 bits per heavy atom. The number of hydrogen-bond donors (Lipinski definition) is 2. The van der Waals surface area contributed by atoms with Crippen molar-refractivity contribution in [2.45, 2.75) is 6.42 Å². The lowest BCUT2D eigenvalue weighted by molar-refractivity contribution is -0.124. The van der Waals surface area contributed by atoms with Crippen molar-refractivity contribution in [3.8, 4) is 11.5 Å². The molecule has 0 radical (unpaired) electrons. The van der Waals surface area contributed by atoms with Gasteiger partial charge >= 0.3 is 5.97 Å². The quantitative estimate of drug-likeness (QED) is 0.441. The highest BCUT2D eigenvalue weighted by molar-refractivity contribution is 7.12. The number of anilines is 1. The first-order valence-electron chi connectivity index (χ1n) is 10.1. The van der Waals surface area contributed by atoms with E-state index in [0.29, 0.717) is 23.6 Å². The van der Waals surface area contributed by atoms with Crippen LogP contribution in [0.15, 0.2) is 60.0 Å². The zero-order valence-electron chi connectivity index (χ0n) is 18.3. The summed E-state index contributed by atoms with van der Waals surface area (Å²) in [5.74, 6) is -0.982. The predicted octanol–water partition coefficient (Wildman–Crippen LogP) is 3.53. The molecule has 0 aliphatic rings. The number of amides is 2. The molecule has 3 aromatic rings. The molecule has 0 bridgehead atoms. The SMILES string of the molecule is COc1cc(NC(=O)c2cccs2)c(C(=O)OCC(=O)NCCc2ccccc2)cc1OC. The molecule has 9 heteroatoms. The fraction of sp³-hybridized carbons (Fsp3) is 0.208. The van der Waals surface area contributed by atoms with Crippen LogP contribution in [0.1, 0.15) is 25.6 Å². The van der Waals surface area contributed by atoms with Crippen LogP contribution in [0.25, 0.3) is 0 Å². The molecule has 2 N–H and O–H groups in total. The second-order valence-corrected chi connectivity index (χ2v) is 7.79. The minimum absolute atomic E-state index is 0.0367. The molecule has 3 rings (SSSR count). The Morgan fingerprint density at radius 3 is 2.33 bits per heavy atom. The molecule has 0 aliphatic heterocycles. The Kier molecular flexibility index (Phi) is 8.43. The maximum absolute atomic E-state index is 12.8. The van der Waals surface area contributed by atoms with Gasteiger partial charge in [-0.05, 0) is 23.4 Å². The van der Waals surface area contributed by atoms with Crippen molar-refractivity contribution in [2.24, 2.45) is 0 Å². The molecule has 2 aromatic carbocycles. The Morgan fingerprint density at radius 2 is 1.67 bits per heavy atom. The molecule has 2 amide bonds. The molecular formula is C24H24N2O6S. The zero-order chi connectivity index (χ0) is 23.6. The van der Waals surface area contributed by atoms with E-state index in [-0.39, 0.29) is 22.9 Å².